The van der Waals surface area contributed by atoms with Gasteiger partial charge in [-0.05, 0) is 48.7 Å². The molecule has 2 aromatic carbocycles. The number of nitrogens with zero attached hydrogens (tertiary/aromatic N) is 3. The van der Waals surface area contributed by atoms with Crippen LogP contribution in [0.1, 0.15) is 15.9 Å². The van der Waals surface area contributed by atoms with Gasteiger partial charge in [0, 0.05) is 30.1 Å². The van der Waals surface area contributed by atoms with Crippen LogP contribution in [0.2, 0.25) is 0 Å². The minimum absolute atomic E-state index is 0.282. The predicted molar refractivity (Wildman–Crippen MR) is 107 cm³/mol. The summed E-state index contributed by atoms with van der Waals surface area (Å²) in [6.45, 7) is 0. The van der Waals surface area contributed by atoms with E-state index < -0.39 is 11.5 Å². The number of thioether (sulfide) groups is 1. The molecule has 0 aliphatic rings. The molecule has 0 aliphatic heterocycles. The highest BCUT2D eigenvalue weighted by Gasteiger charge is 2.24. The first kappa shape index (κ1) is 18.5. The van der Waals surface area contributed by atoms with Gasteiger partial charge in [0.2, 0.25) is 0 Å². The zero-order valence-corrected chi connectivity index (χ0v) is 15.9. The quantitative estimate of drug-likeness (QED) is 0.707. The lowest BCUT2D eigenvalue weighted by Crippen LogP contribution is -2.34. The molecule has 0 atom stereocenters. The van der Waals surface area contributed by atoms with Crippen molar-refractivity contribution in [2.75, 3.05) is 18.2 Å². The van der Waals surface area contributed by atoms with Gasteiger partial charge in [0.05, 0.1) is 17.1 Å². The molecule has 6 nitrogen and oxygen atoms in total. The van der Waals surface area contributed by atoms with Crippen LogP contribution < -0.4 is 10.5 Å². The average Bonchev–Trinajstić information content (AvgIpc) is 2.71. The van der Waals surface area contributed by atoms with E-state index in [1.807, 2.05) is 18.4 Å². The summed E-state index contributed by atoms with van der Waals surface area (Å²) in [6.07, 6.45) is 1.91. The molecule has 1 N–H and O–H groups in total. The fraction of sp³-hybridized carbons (Fsp3) is 0.150. The van der Waals surface area contributed by atoms with Crippen LogP contribution in [0.4, 0.5) is 5.69 Å². The van der Waals surface area contributed by atoms with Gasteiger partial charge in [-0.25, -0.2) is 0 Å². The van der Waals surface area contributed by atoms with Crippen molar-refractivity contribution >= 4 is 34.3 Å². The molecule has 1 amide bonds. The van der Waals surface area contributed by atoms with Gasteiger partial charge in [0.15, 0.2) is 0 Å². The number of rotatable bonds is 3. The first-order valence-corrected chi connectivity index (χ1v) is 9.29. The molecule has 0 saturated carbocycles. The zero-order valence-electron chi connectivity index (χ0n) is 15.1. The number of nitriles is 1. The van der Waals surface area contributed by atoms with Crippen molar-refractivity contribution < 1.29 is 9.90 Å². The molecule has 0 unspecified atom stereocenters. The van der Waals surface area contributed by atoms with Gasteiger partial charge in [-0.1, -0.05) is 0 Å². The van der Waals surface area contributed by atoms with Gasteiger partial charge in [-0.3, -0.25) is 9.59 Å². The maximum absolute atomic E-state index is 13.0. The molecule has 136 valence electrons. The Morgan fingerprint density at radius 3 is 2.48 bits per heavy atom. The van der Waals surface area contributed by atoms with Gasteiger partial charge < -0.3 is 14.6 Å². The summed E-state index contributed by atoms with van der Waals surface area (Å²) in [4.78, 5) is 27.9. The predicted octanol–water partition coefficient (Wildman–Crippen LogP) is 3.11. The monoisotopic (exact) mass is 379 g/mol. The second-order valence-corrected chi connectivity index (χ2v) is 6.87. The number of benzene rings is 2. The van der Waals surface area contributed by atoms with Gasteiger partial charge >= 0.3 is 0 Å². The number of fused-ring (bicyclic) bond motifs is 1. The standard InChI is InChI=1S/C20H17N3O3S/c1-22(13-6-4-12(11-21)5-7-13)19(25)17-18(24)15-10-14(27-3)8-9-16(15)23(2)20(17)26/h4-10,24H,1-3H3. The third-order valence-corrected chi connectivity index (χ3v) is 5.20. The second-order valence-electron chi connectivity index (χ2n) is 5.99. The lowest BCUT2D eigenvalue weighted by atomic mass is 10.1. The third kappa shape index (κ3) is 3.15. The number of pyridine rings is 1. The highest BCUT2D eigenvalue weighted by atomic mass is 32.2. The van der Waals surface area contributed by atoms with E-state index >= 15 is 0 Å². The Balaban J connectivity index is 2.16. The van der Waals surface area contributed by atoms with Crippen molar-refractivity contribution in [3.05, 3.63) is 63.9 Å². The molecular weight excluding hydrogens is 362 g/mol. The van der Waals surface area contributed by atoms with Crippen LogP contribution in [0.5, 0.6) is 5.75 Å². The van der Waals surface area contributed by atoms with Crippen LogP contribution in [0.25, 0.3) is 10.9 Å². The minimum atomic E-state index is -0.616. The zero-order chi connectivity index (χ0) is 19.7. The van der Waals surface area contributed by atoms with Crippen molar-refractivity contribution in [1.82, 2.24) is 4.57 Å². The van der Waals surface area contributed by atoms with Gasteiger partial charge in [-0.2, -0.15) is 5.26 Å². The van der Waals surface area contributed by atoms with Crippen LogP contribution in [0.15, 0.2) is 52.2 Å². The molecule has 0 fully saturated rings. The molecule has 0 bridgehead atoms. The number of hydrogen-bond donors (Lipinski definition) is 1. The van der Waals surface area contributed by atoms with Crippen molar-refractivity contribution in [1.29, 1.82) is 5.26 Å². The second kappa shape index (κ2) is 7.17. The van der Waals surface area contributed by atoms with Crippen LogP contribution >= 0.6 is 11.8 Å². The van der Waals surface area contributed by atoms with Crippen LogP contribution in [-0.2, 0) is 7.05 Å². The molecule has 0 spiro atoms. The summed E-state index contributed by atoms with van der Waals surface area (Å²) in [7, 11) is 3.09. The summed E-state index contributed by atoms with van der Waals surface area (Å²) >= 11 is 1.50. The lowest BCUT2D eigenvalue weighted by molar-refractivity contribution is 0.0988. The van der Waals surface area contributed by atoms with Crippen molar-refractivity contribution in [2.45, 2.75) is 4.90 Å². The number of aryl methyl sites for hydroxylation is 1. The van der Waals surface area contributed by atoms with E-state index in [1.165, 1.54) is 28.3 Å². The topological polar surface area (TPSA) is 86.3 Å². The Morgan fingerprint density at radius 2 is 1.89 bits per heavy atom. The van der Waals surface area contributed by atoms with Crippen molar-refractivity contribution in [2.24, 2.45) is 7.05 Å². The number of aromatic hydroxyl groups is 1. The summed E-state index contributed by atoms with van der Waals surface area (Å²) < 4.78 is 1.36. The van der Waals surface area contributed by atoms with Crippen LogP contribution in [0.3, 0.4) is 0 Å². The third-order valence-electron chi connectivity index (χ3n) is 4.48. The minimum Gasteiger partial charge on any atom is -0.506 e. The maximum atomic E-state index is 13.0. The highest BCUT2D eigenvalue weighted by Crippen LogP contribution is 2.30. The van der Waals surface area contributed by atoms with Crippen molar-refractivity contribution in [3.8, 4) is 11.8 Å². The van der Waals surface area contributed by atoms with Gasteiger partial charge in [0.1, 0.15) is 11.3 Å². The van der Waals surface area contributed by atoms with Crippen molar-refractivity contribution in [3.63, 3.8) is 0 Å². The molecule has 1 aromatic heterocycles. The Bertz CT molecular complexity index is 1140. The summed E-state index contributed by atoms with van der Waals surface area (Å²) in [5, 5.41) is 20.0. The van der Waals surface area contributed by atoms with E-state index in [1.54, 1.807) is 43.4 Å². The molecule has 1 heterocycles. The number of amides is 1. The molecule has 0 saturated heterocycles. The number of hydrogen-bond acceptors (Lipinski definition) is 5. The maximum Gasteiger partial charge on any atom is 0.267 e. The summed E-state index contributed by atoms with van der Waals surface area (Å²) in [5.74, 6) is -0.941. The molecule has 3 rings (SSSR count). The molecular formula is C20H17N3O3S. The van der Waals surface area contributed by atoms with E-state index in [4.69, 9.17) is 5.26 Å². The normalized spacial score (nSPS) is 10.6. The Kier molecular flexibility index (Phi) is 4.93. The van der Waals surface area contributed by atoms with Gasteiger partial charge in [0.25, 0.3) is 11.5 Å². The van der Waals surface area contributed by atoms with E-state index in [2.05, 4.69) is 0 Å². The molecule has 7 heteroatoms. The molecule has 0 radical (unpaired) electrons. The average molecular weight is 379 g/mol. The first-order chi connectivity index (χ1) is 12.9. The highest BCUT2D eigenvalue weighted by molar-refractivity contribution is 7.98. The SMILES string of the molecule is CSc1ccc2c(c1)c(O)c(C(=O)N(C)c1ccc(C#N)cc1)c(=O)n2C. The molecule has 3 aromatic rings. The lowest BCUT2D eigenvalue weighted by Gasteiger charge is -2.19. The number of anilines is 1. The van der Waals surface area contributed by atoms with Crippen LogP contribution in [0, 0.1) is 11.3 Å². The van der Waals surface area contributed by atoms with E-state index in [-0.39, 0.29) is 11.3 Å². The molecule has 0 aliphatic carbocycles. The Morgan fingerprint density at radius 1 is 1.22 bits per heavy atom. The van der Waals surface area contributed by atoms with E-state index in [9.17, 15) is 14.7 Å². The summed E-state index contributed by atoms with van der Waals surface area (Å²) in [6, 6.07) is 13.8. The van der Waals surface area contributed by atoms with Crippen LogP contribution in [-0.4, -0.2) is 28.9 Å². The Labute approximate surface area is 160 Å². The first-order valence-electron chi connectivity index (χ1n) is 8.07. The fourth-order valence-electron chi connectivity index (χ4n) is 2.87. The largest absolute Gasteiger partial charge is 0.506 e. The van der Waals surface area contributed by atoms with E-state index in [0.717, 1.165) is 4.90 Å². The number of carbonyl (C=O) groups excluding carboxylic acids is 1. The number of aromatic nitrogens is 1. The smallest absolute Gasteiger partial charge is 0.267 e. The van der Waals surface area contributed by atoms with Gasteiger partial charge in [-0.15, -0.1) is 11.8 Å². The molecule has 27 heavy (non-hydrogen) atoms. The number of carbonyl (C=O) groups is 1. The summed E-state index contributed by atoms with van der Waals surface area (Å²) in [5.41, 5.74) is 0.678. The fourth-order valence-corrected chi connectivity index (χ4v) is 3.31. The van der Waals surface area contributed by atoms with E-state index in [0.29, 0.717) is 22.2 Å². The Hall–Kier alpha value is -3.24.